The van der Waals surface area contributed by atoms with E-state index in [0.29, 0.717) is 18.5 Å². The highest BCUT2D eigenvalue weighted by molar-refractivity contribution is 5.87. The molecule has 2 aromatic heterocycles. The molecule has 0 spiro atoms. The summed E-state index contributed by atoms with van der Waals surface area (Å²) < 4.78 is 3.73. The summed E-state index contributed by atoms with van der Waals surface area (Å²) in [5.41, 5.74) is 0. The van der Waals surface area contributed by atoms with Gasteiger partial charge in [-0.05, 0) is 25.7 Å². The summed E-state index contributed by atoms with van der Waals surface area (Å²) in [6.45, 7) is 1.36. The molecule has 2 aliphatic rings. The van der Waals surface area contributed by atoms with Crippen molar-refractivity contribution >= 4 is 12.0 Å². The fraction of sp³-hybridized carbons (Fsp3) is 0.688. The molecule has 2 fully saturated rings. The maximum Gasteiger partial charge on any atom is 0.324 e. The Morgan fingerprint density at radius 3 is 2.68 bits per heavy atom. The number of rotatable bonds is 3. The van der Waals surface area contributed by atoms with E-state index in [4.69, 9.17) is 0 Å². The summed E-state index contributed by atoms with van der Waals surface area (Å²) in [5, 5.41) is 11.5. The number of nitrogens with one attached hydrogen (secondary N) is 1. The molecule has 0 aromatic carbocycles. The van der Waals surface area contributed by atoms with Gasteiger partial charge in [-0.3, -0.25) is 5.32 Å². The van der Waals surface area contributed by atoms with Crippen LogP contribution in [-0.2, 0) is 0 Å². The third-order valence-corrected chi connectivity index (χ3v) is 5.17. The van der Waals surface area contributed by atoms with Crippen LogP contribution in [0.15, 0.2) is 19.0 Å². The van der Waals surface area contributed by atoms with Crippen molar-refractivity contribution in [1.82, 2.24) is 34.4 Å². The summed E-state index contributed by atoms with van der Waals surface area (Å²) in [6.07, 6.45) is 13.0. The molecule has 3 heterocycles. The van der Waals surface area contributed by atoms with Crippen molar-refractivity contribution in [3.8, 4) is 0 Å². The Bertz CT molecular complexity index is 691. The van der Waals surface area contributed by atoms with Crippen molar-refractivity contribution in [2.45, 2.75) is 57.0 Å². The Morgan fingerprint density at radius 2 is 1.88 bits per heavy atom. The Labute approximate surface area is 146 Å². The van der Waals surface area contributed by atoms with Crippen molar-refractivity contribution in [3.63, 3.8) is 0 Å². The van der Waals surface area contributed by atoms with Gasteiger partial charge < -0.3 is 4.90 Å². The van der Waals surface area contributed by atoms with Crippen molar-refractivity contribution in [3.05, 3.63) is 19.0 Å². The molecule has 0 bridgehead atoms. The first-order valence-electron chi connectivity index (χ1n) is 9.11. The van der Waals surface area contributed by atoms with Crippen LogP contribution in [0.1, 0.15) is 57.0 Å². The first-order chi connectivity index (χ1) is 12.3. The number of urea groups is 1. The molecule has 2 aromatic rings. The first-order valence-corrected chi connectivity index (χ1v) is 9.11. The number of hydrogen-bond donors (Lipinski definition) is 1. The van der Waals surface area contributed by atoms with E-state index in [9.17, 15) is 4.79 Å². The van der Waals surface area contributed by atoms with Crippen LogP contribution in [0.25, 0.3) is 0 Å². The molecule has 1 aliphatic heterocycles. The normalized spacial score (nSPS) is 22.1. The lowest BCUT2D eigenvalue weighted by Crippen LogP contribution is -2.43. The lowest BCUT2D eigenvalue weighted by atomic mass is 9.96. The van der Waals surface area contributed by atoms with E-state index in [2.05, 4.69) is 25.5 Å². The van der Waals surface area contributed by atoms with Crippen molar-refractivity contribution in [2.24, 2.45) is 0 Å². The number of carbonyl (C=O) groups is 1. The average Bonchev–Trinajstić information content (AvgIpc) is 3.35. The van der Waals surface area contributed by atoms with E-state index < -0.39 is 0 Å². The molecular formula is C16H24N8O. The zero-order valence-corrected chi connectivity index (χ0v) is 14.3. The van der Waals surface area contributed by atoms with E-state index >= 15 is 0 Å². The van der Waals surface area contributed by atoms with Gasteiger partial charge in [-0.15, -0.1) is 5.10 Å². The molecule has 1 aliphatic carbocycles. The van der Waals surface area contributed by atoms with E-state index in [1.54, 1.807) is 17.6 Å². The summed E-state index contributed by atoms with van der Waals surface area (Å²) >= 11 is 0. The third-order valence-electron chi connectivity index (χ3n) is 5.17. The smallest absolute Gasteiger partial charge is 0.322 e. The van der Waals surface area contributed by atoms with Gasteiger partial charge in [-0.2, -0.15) is 5.10 Å². The van der Waals surface area contributed by atoms with Crippen LogP contribution in [0.3, 0.4) is 0 Å². The molecule has 1 N–H and O–H groups in total. The quantitative estimate of drug-likeness (QED) is 0.921. The highest BCUT2D eigenvalue weighted by Gasteiger charge is 2.26. The predicted octanol–water partition coefficient (Wildman–Crippen LogP) is 2.24. The van der Waals surface area contributed by atoms with E-state index in [1.807, 2.05) is 9.36 Å². The maximum atomic E-state index is 12.5. The lowest BCUT2D eigenvalue weighted by molar-refractivity contribution is 0.174. The van der Waals surface area contributed by atoms with Crippen LogP contribution in [-0.4, -0.2) is 53.5 Å². The maximum absolute atomic E-state index is 12.5. The van der Waals surface area contributed by atoms with E-state index in [1.165, 1.54) is 25.6 Å². The van der Waals surface area contributed by atoms with Gasteiger partial charge in [0.05, 0.1) is 12.1 Å². The van der Waals surface area contributed by atoms with Crippen molar-refractivity contribution < 1.29 is 4.79 Å². The van der Waals surface area contributed by atoms with Crippen molar-refractivity contribution in [1.29, 1.82) is 0 Å². The minimum atomic E-state index is -0.147. The van der Waals surface area contributed by atoms with Crippen LogP contribution >= 0.6 is 0 Å². The number of hydrogen-bond acceptors (Lipinski definition) is 5. The molecule has 9 heteroatoms. The molecule has 0 radical (unpaired) electrons. The van der Waals surface area contributed by atoms with Crippen LogP contribution in [0, 0.1) is 0 Å². The van der Waals surface area contributed by atoms with Crippen LogP contribution < -0.4 is 5.32 Å². The summed E-state index contributed by atoms with van der Waals surface area (Å²) in [6, 6.07) is 0.444. The zero-order chi connectivity index (χ0) is 17.1. The van der Waals surface area contributed by atoms with E-state index in [-0.39, 0.29) is 12.1 Å². The summed E-state index contributed by atoms with van der Waals surface area (Å²) in [7, 11) is 0. The van der Waals surface area contributed by atoms with Gasteiger partial charge in [0.25, 0.3) is 0 Å². The minimum Gasteiger partial charge on any atom is -0.322 e. The van der Waals surface area contributed by atoms with Gasteiger partial charge in [-0.25, -0.2) is 24.1 Å². The Kier molecular flexibility index (Phi) is 4.62. The molecule has 2 amide bonds. The number of anilines is 1. The predicted molar refractivity (Wildman–Crippen MR) is 91.0 cm³/mol. The first kappa shape index (κ1) is 16.0. The SMILES string of the molecule is O=C(Nc1ncn(C2CCCCC2)n1)N1CCCC(n2cncn2)C1. The number of amides is 2. The van der Waals surface area contributed by atoms with Crippen molar-refractivity contribution in [2.75, 3.05) is 18.4 Å². The van der Waals surface area contributed by atoms with Gasteiger partial charge in [0.2, 0.25) is 5.95 Å². The molecule has 25 heavy (non-hydrogen) atoms. The number of piperidine rings is 1. The van der Waals surface area contributed by atoms with Crippen LogP contribution in [0.4, 0.5) is 10.7 Å². The molecule has 4 rings (SSSR count). The number of carbonyl (C=O) groups excluding carboxylic acids is 1. The Morgan fingerprint density at radius 1 is 1.04 bits per heavy atom. The van der Waals surface area contributed by atoms with Crippen LogP contribution in [0.5, 0.6) is 0 Å². The Hall–Kier alpha value is -2.45. The molecule has 1 atom stereocenters. The fourth-order valence-electron chi connectivity index (χ4n) is 3.79. The molecule has 9 nitrogen and oxygen atoms in total. The van der Waals surface area contributed by atoms with Crippen LogP contribution in [0.2, 0.25) is 0 Å². The zero-order valence-electron chi connectivity index (χ0n) is 14.3. The highest BCUT2D eigenvalue weighted by atomic mass is 16.2. The third kappa shape index (κ3) is 3.64. The van der Waals surface area contributed by atoms with Gasteiger partial charge in [0, 0.05) is 13.1 Å². The van der Waals surface area contributed by atoms with Gasteiger partial charge in [0.15, 0.2) is 0 Å². The standard InChI is InChI=1S/C16H24N8O/c25-16(22-8-4-7-14(9-22)23-11-17-10-19-23)20-15-18-12-24(21-15)13-5-2-1-3-6-13/h10-14H,1-9H2,(H,20,21,25). The second kappa shape index (κ2) is 7.20. The fourth-order valence-corrected chi connectivity index (χ4v) is 3.79. The minimum absolute atomic E-state index is 0.147. The molecule has 1 saturated heterocycles. The molecular weight excluding hydrogens is 320 g/mol. The number of likely N-dealkylation sites (tertiary alicyclic amines) is 1. The van der Waals surface area contributed by atoms with Gasteiger partial charge in [0.1, 0.15) is 19.0 Å². The number of aromatic nitrogens is 6. The average molecular weight is 344 g/mol. The highest BCUT2D eigenvalue weighted by Crippen LogP contribution is 2.27. The van der Waals surface area contributed by atoms with Gasteiger partial charge >= 0.3 is 6.03 Å². The largest absolute Gasteiger partial charge is 0.324 e. The number of nitrogens with zero attached hydrogens (tertiary/aromatic N) is 7. The second-order valence-electron chi connectivity index (χ2n) is 6.89. The molecule has 1 saturated carbocycles. The summed E-state index contributed by atoms with van der Waals surface area (Å²) in [4.78, 5) is 22.6. The van der Waals surface area contributed by atoms with E-state index in [0.717, 1.165) is 32.2 Å². The lowest BCUT2D eigenvalue weighted by Gasteiger charge is -2.32. The monoisotopic (exact) mass is 344 g/mol. The second-order valence-corrected chi connectivity index (χ2v) is 6.89. The Balaban J connectivity index is 1.36. The topological polar surface area (TPSA) is 93.8 Å². The molecule has 134 valence electrons. The molecule has 1 unspecified atom stereocenters. The van der Waals surface area contributed by atoms with Gasteiger partial charge in [-0.1, -0.05) is 19.3 Å². The summed E-state index contributed by atoms with van der Waals surface area (Å²) in [5.74, 6) is 0.387.